The molecule has 120 valence electrons. The van der Waals surface area contributed by atoms with Crippen LogP contribution in [0.1, 0.15) is 30.9 Å². The van der Waals surface area contributed by atoms with Gasteiger partial charge in [-0.25, -0.2) is 4.39 Å². The van der Waals surface area contributed by atoms with Crippen LogP contribution in [0, 0.1) is 5.82 Å². The van der Waals surface area contributed by atoms with Gasteiger partial charge < -0.3 is 10.1 Å². The van der Waals surface area contributed by atoms with Crippen LogP contribution < -0.4 is 5.32 Å². The molecular weight excluding hydrogens is 307 g/mol. The topological polar surface area (TPSA) is 41.6 Å². The zero-order valence-electron chi connectivity index (χ0n) is 12.4. The summed E-state index contributed by atoms with van der Waals surface area (Å²) >= 11 is 6.13. The number of benzene rings is 1. The highest BCUT2D eigenvalue weighted by Gasteiger charge is 2.32. The highest BCUT2D eigenvalue weighted by atomic mass is 35.5. The SMILES string of the molecule is O=C1NCCCCC1N1CCOC(c2ccc(F)cc2Cl)C1. The lowest BCUT2D eigenvalue weighted by molar-refractivity contribution is -0.129. The summed E-state index contributed by atoms with van der Waals surface area (Å²) in [6.07, 6.45) is 2.72. The first-order valence-electron chi connectivity index (χ1n) is 7.73. The maximum absolute atomic E-state index is 13.2. The number of amides is 1. The Morgan fingerprint density at radius 2 is 2.23 bits per heavy atom. The summed E-state index contributed by atoms with van der Waals surface area (Å²) in [5.74, 6) is -0.257. The normalized spacial score (nSPS) is 27.3. The summed E-state index contributed by atoms with van der Waals surface area (Å²) in [6.45, 7) is 2.63. The van der Waals surface area contributed by atoms with E-state index in [0.29, 0.717) is 18.2 Å². The second-order valence-electron chi connectivity index (χ2n) is 5.82. The molecule has 2 aliphatic heterocycles. The summed E-state index contributed by atoms with van der Waals surface area (Å²) in [7, 11) is 0. The van der Waals surface area contributed by atoms with Gasteiger partial charge in [-0.2, -0.15) is 0 Å². The number of hydrogen-bond acceptors (Lipinski definition) is 3. The van der Waals surface area contributed by atoms with Gasteiger partial charge in [0.05, 0.1) is 18.8 Å². The van der Waals surface area contributed by atoms with Crippen LogP contribution in [-0.4, -0.2) is 43.1 Å². The molecule has 2 aliphatic rings. The fourth-order valence-corrected chi connectivity index (χ4v) is 3.46. The van der Waals surface area contributed by atoms with Crippen LogP contribution in [0.4, 0.5) is 4.39 Å². The van der Waals surface area contributed by atoms with Crippen molar-refractivity contribution in [2.75, 3.05) is 26.2 Å². The number of halogens is 2. The van der Waals surface area contributed by atoms with E-state index in [0.717, 1.165) is 37.9 Å². The van der Waals surface area contributed by atoms with Gasteiger partial charge in [0.1, 0.15) is 5.82 Å². The highest BCUT2D eigenvalue weighted by molar-refractivity contribution is 6.31. The third-order valence-electron chi connectivity index (χ3n) is 4.35. The van der Waals surface area contributed by atoms with Crippen molar-refractivity contribution in [2.45, 2.75) is 31.4 Å². The van der Waals surface area contributed by atoms with Gasteiger partial charge in [0, 0.05) is 30.2 Å². The maximum atomic E-state index is 13.2. The third-order valence-corrected chi connectivity index (χ3v) is 4.68. The summed E-state index contributed by atoms with van der Waals surface area (Å²) in [5, 5.41) is 3.34. The molecule has 2 saturated heterocycles. The number of nitrogens with zero attached hydrogens (tertiary/aromatic N) is 1. The number of carbonyl (C=O) groups is 1. The van der Waals surface area contributed by atoms with E-state index in [-0.39, 0.29) is 23.9 Å². The molecule has 2 atom stereocenters. The van der Waals surface area contributed by atoms with Crippen molar-refractivity contribution in [2.24, 2.45) is 0 Å². The molecule has 0 saturated carbocycles. The Labute approximate surface area is 134 Å². The van der Waals surface area contributed by atoms with E-state index < -0.39 is 0 Å². The number of carbonyl (C=O) groups excluding carboxylic acids is 1. The first-order valence-corrected chi connectivity index (χ1v) is 8.11. The summed E-state index contributed by atoms with van der Waals surface area (Å²) < 4.78 is 19.0. The minimum atomic E-state index is -0.357. The lowest BCUT2D eigenvalue weighted by Gasteiger charge is -2.37. The Hall–Kier alpha value is -1.17. The fourth-order valence-electron chi connectivity index (χ4n) is 3.17. The van der Waals surface area contributed by atoms with Crippen LogP contribution in [0.3, 0.4) is 0 Å². The molecule has 1 aromatic carbocycles. The van der Waals surface area contributed by atoms with Gasteiger partial charge in [0.25, 0.3) is 0 Å². The number of rotatable bonds is 2. The van der Waals surface area contributed by atoms with Crippen molar-refractivity contribution < 1.29 is 13.9 Å². The van der Waals surface area contributed by atoms with E-state index in [1.54, 1.807) is 6.07 Å². The molecule has 2 fully saturated rings. The van der Waals surface area contributed by atoms with Crippen LogP contribution in [0.15, 0.2) is 18.2 Å². The Morgan fingerprint density at radius 1 is 1.36 bits per heavy atom. The Kier molecular flexibility index (Phi) is 4.96. The number of nitrogens with one attached hydrogen (secondary N) is 1. The fraction of sp³-hybridized carbons (Fsp3) is 0.562. The van der Waals surface area contributed by atoms with Gasteiger partial charge in [-0.05, 0) is 31.4 Å². The van der Waals surface area contributed by atoms with Crippen molar-refractivity contribution in [3.8, 4) is 0 Å². The molecule has 4 nitrogen and oxygen atoms in total. The standard InChI is InChI=1S/C16H20ClFN2O2/c17-13-9-11(18)4-5-12(13)15-10-20(7-8-22-15)14-3-1-2-6-19-16(14)21/h4-5,9,14-15H,1-3,6-8,10H2,(H,19,21). The van der Waals surface area contributed by atoms with E-state index in [2.05, 4.69) is 10.2 Å². The molecule has 1 amide bonds. The molecule has 2 heterocycles. The molecule has 22 heavy (non-hydrogen) atoms. The molecule has 0 radical (unpaired) electrons. The Morgan fingerprint density at radius 3 is 3.05 bits per heavy atom. The Balaban J connectivity index is 1.74. The third kappa shape index (κ3) is 3.42. The maximum Gasteiger partial charge on any atom is 0.237 e. The second kappa shape index (κ2) is 6.94. The largest absolute Gasteiger partial charge is 0.371 e. The zero-order chi connectivity index (χ0) is 15.5. The average Bonchev–Trinajstić information content (AvgIpc) is 2.72. The van der Waals surface area contributed by atoms with Gasteiger partial charge in [0.2, 0.25) is 5.91 Å². The minimum absolute atomic E-state index is 0.100. The lowest BCUT2D eigenvalue weighted by Crippen LogP contribution is -2.51. The van der Waals surface area contributed by atoms with Gasteiger partial charge in [-0.3, -0.25) is 9.69 Å². The monoisotopic (exact) mass is 326 g/mol. The molecule has 0 spiro atoms. The molecule has 3 rings (SSSR count). The van der Waals surface area contributed by atoms with Crippen molar-refractivity contribution in [1.29, 1.82) is 0 Å². The van der Waals surface area contributed by atoms with Crippen LogP contribution in [0.5, 0.6) is 0 Å². The molecule has 0 bridgehead atoms. The molecule has 0 aliphatic carbocycles. The molecule has 6 heteroatoms. The minimum Gasteiger partial charge on any atom is -0.371 e. The number of morpholine rings is 1. The molecule has 2 unspecified atom stereocenters. The molecule has 1 N–H and O–H groups in total. The predicted molar refractivity (Wildman–Crippen MR) is 82.3 cm³/mol. The van der Waals surface area contributed by atoms with Gasteiger partial charge in [-0.15, -0.1) is 0 Å². The van der Waals surface area contributed by atoms with Crippen LogP contribution >= 0.6 is 11.6 Å². The first kappa shape index (κ1) is 15.7. The van der Waals surface area contributed by atoms with Gasteiger partial charge >= 0.3 is 0 Å². The lowest BCUT2D eigenvalue weighted by atomic mass is 10.0. The van der Waals surface area contributed by atoms with Crippen molar-refractivity contribution in [3.63, 3.8) is 0 Å². The van der Waals surface area contributed by atoms with Crippen LogP contribution in [-0.2, 0) is 9.53 Å². The van der Waals surface area contributed by atoms with E-state index >= 15 is 0 Å². The van der Waals surface area contributed by atoms with Crippen molar-refractivity contribution in [1.82, 2.24) is 10.2 Å². The van der Waals surface area contributed by atoms with E-state index in [1.807, 2.05) is 0 Å². The first-order chi connectivity index (χ1) is 10.6. The van der Waals surface area contributed by atoms with E-state index in [9.17, 15) is 9.18 Å². The predicted octanol–water partition coefficient (Wildman–Crippen LogP) is 2.52. The molecular formula is C16H20ClFN2O2. The summed E-state index contributed by atoms with van der Waals surface area (Å²) in [4.78, 5) is 14.4. The highest BCUT2D eigenvalue weighted by Crippen LogP contribution is 2.30. The second-order valence-corrected chi connectivity index (χ2v) is 6.23. The molecule has 0 aromatic heterocycles. The average molecular weight is 327 g/mol. The van der Waals surface area contributed by atoms with Gasteiger partial charge in [-0.1, -0.05) is 17.7 Å². The zero-order valence-corrected chi connectivity index (χ0v) is 13.1. The smallest absolute Gasteiger partial charge is 0.237 e. The van der Waals surface area contributed by atoms with Crippen LogP contribution in [0.2, 0.25) is 5.02 Å². The van der Waals surface area contributed by atoms with Crippen molar-refractivity contribution in [3.05, 3.63) is 34.6 Å². The van der Waals surface area contributed by atoms with E-state index in [1.165, 1.54) is 12.1 Å². The Bertz CT molecular complexity index is 555. The van der Waals surface area contributed by atoms with Gasteiger partial charge in [0.15, 0.2) is 0 Å². The summed E-state index contributed by atoms with van der Waals surface area (Å²) in [6, 6.07) is 4.26. The van der Waals surface area contributed by atoms with E-state index in [4.69, 9.17) is 16.3 Å². The van der Waals surface area contributed by atoms with Crippen molar-refractivity contribution >= 4 is 17.5 Å². The number of hydrogen-bond donors (Lipinski definition) is 1. The van der Waals surface area contributed by atoms with Crippen LogP contribution in [0.25, 0.3) is 0 Å². The quantitative estimate of drug-likeness (QED) is 0.908. The number of ether oxygens (including phenoxy) is 1. The molecule has 1 aromatic rings. The summed E-state index contributed by atoms with van der Waals surface area (Å²) in [5.41, 5.74) is 0.779.